The molecule has 0 saturated carbocycles. The molecule has 5 nitrogen and oxygen atoms in total. The first-order valence-electron chi connectivity index (χ1n) is 6.77. The summed E-state index contributed by atoms with van der Waals surface area (Å²) in [4.78, 5) is 4.42. The van der Waals surface area contributed by atoms with Crippen molar-refractivity contribution in [3.63, 3.8) is 0 Å². The van der Waals surface area contributed by atoms with Gasteiger partial charge in [-0.15, -0.1) is 0 Å². The molecule has 0 aliphatic carbocycles. The van der Waals surface area contributed by atoms with Crippen LogP contribution in [0.3, 0.4) is 0 Å². The van der Waals surface area contributed by atoms with Crippen molar-refractivity contribution in [2.75, 3.05) is 43.1 Å². The first kappa shape index (κ1) is 18.6. The van der Waals surface area contributed by atoms with E-state index in [1.807, 2.05) is 18.7 Å². The van der Waals surface area contributed by atoms with Crippen LogP contribution >= 0.6 is 11.8 Å². The molecule has 0 heterocycles. The van der Waals surface area contributed by atoms with Crippen LogP contribution in [0.4, 0.5) is 0 Å². The maximum absolute atomic E-state index is 11.4. The second kappa shape index (κ2) is 11.4. The molecule has 0 radical (unpaired) electrons. The molecular formula is C12H27N3O2S2. The molecule has 19 heavy (non-hydrogen) atoms. The highest BCUT2D eigenvalue weighted by atomic mass is 32.2. The van der Waals surface area contributed by atoms with Crippen molar-refractivity contribution in [3.05, 3.63) is 0 Å². The third kappa shape index (κ3) is 11.1. The monoisotopic (exact) mass is 309 g/mol. The Balaban J connectivity index is 4.00. The van der Waals surface area contributed by atoms with Crippen LogP contribution in [0.5, 0.6) is 0 Å². The van der Waals surface area contributed by atoms with E-state index in [0.717, 1.165) is 31.7 Å². The molecule has 0 bridgehead atoms. The minimum absolute atomic E-state index is 0.153. The maximum atomic E-state index is 11.4. The molecule has 0 saturated heterocycles. The molecule has 0 amide bonds. The zero-order valence-electron chi connectivity index (χ0n) is 12.2. The van der Waals surface area contributed by atoms with Gasteiger partial charge in [-0.25, -0.2) is 8.42 Å². The lowest BCUT2D eigenvalue weighted by Gasteiger charge is -2.11. The fraction of sp³-hybridized carbons (Fsp3) is 0.917. The number of guanidine groups is 1. The molecule has 7 heteroatoms. The Morgan fingerprint density at radius 1 is 1.21 bits per heavy atom. The van der Waals surface area contributed by atoms with E-state index in [4.69, 9.17) is 0 Å². The summed E-state index contributed by atoms with van der Waals surface area (Å²) < 4.78 is 22.7. The van der Waals surface area contributed by atoms with Gasteiger partial charge in [-0.05, 0) is 31.8 Å². The summed E-state index contributed by atoms with van der Waals surface area (Å²) in [6, 6.07) is 0. The van der Waals surface area contributed by atoms with Crippen LogP contribution in [-0.4, -0.2) is 57.5 Å². The number of unbranched alkanes of at least 4 members (excludes halogenated alkanes) is 1. The Labute approximate surface area is 121 Å². The summed E-state index contributed by atoms with van der Waals surface area (Å²) in [5.41, 5.74) is 0. The fourth-order valence-corrected chi connectivity index (χ4v) is 2.55. The summed E-state index contributed by atoms with van der Waals surface area (Å²) in [5, 5.41) is 6.17. The van der Waals surface area contributed by atoms with Gasteiger partial charge in [0.05, 0.1) is 5.75 Å². The Bertz CT molecular complexity index is 343. The number of aliphatic imine (C=N–C) groups is 1. The topological polar surface area (TPSA) is 70.6 Å². The average Bonchev–Trinajstić information content (AvgIpc) is 2.38. The third-order valence-corrected chi connectivity index (χ3v) is 4.92. The molecule has 114 valence electrons. The lowest BCUT2D eigenvalue weighted by Crippen LogP contribution is -2.39. The molecule has 0 aromatic heterocycles. The maximum Gasteiger partial charge on any atom is 0.191 e. The van der Waals surface area contributed by atoms with Gasteiger partial charge in [0.15, 0.2) is 15.8 Å². The molecule has 0 rings (SSSR count). The van der Waals surface area contributed by atoms with E-state index in [-0.39, 0.29) is 11.5 Å². The first-order valence-corrected chi connectivity index (χ1v) is 9.98. The van der Waals surface area contributed by atoms with Crippen molar-refractivity contribution < 1.29 is 8.42 Å². The van der Waals surface area contributed by atoms with Gasteiger partial charge in [-0.2, -0.15) is 11.8 Å². The molecule has 2 N–H and O–H groups in total. The molecule has 0 atom stereocenters. The van der Waals surface area contributed by atoms with Crippen LogP contribution < -0.4 is 10.6 Å². The van der Waals surface area contributed by atoms with Crippen LogP contribution in [0, 0.1) is 0 Å². The second-order valence-corrected chi connectivity index (χ2v) is 7.58. The number of nitrogens with zero attached hydrogens (tertiary/aromatic N) is 1. The minimum atomic E-state index is -2.91. The summed E-state index contributed by atoms with van der Waals surface area (Å²) >= 11 is 1.84. The van der Waals surface area contributed by atoms with Gasteiger partial charge in [-0.3, -0.25) is 4.99 Å². The summed E-state index contributed by atoms with van der Waals surface area (Å²) in [5.74, 6) is 2.21. The third-order valence-electron chi connectivity index (χ3n) is 2.52. The van der Waals surface area contributed by atoms with Gasteiger partial charge < -0.3 is 10.6 Å². The molecule has 0 aliphatic heterocycles. The van der Waals surface area contributed by atoms with Crippen LogP contribution in [0.2, 0.25) is 0 Å². The number of hydrogen-bond donors (Lipinski definition) is 2. The fourth-order valence-electron chi connectivity index (χ4n) is 1.36. The Morgan fingerprint density at radius 3 is 2.53 bits per heavy atom. The second-order valence-electron chi connectivity index (χ2n) is 4.12. The molecule has 0 aliphatic rings. The summed E-state index contributed by atoms with van der Waals surface area (Å²) in [6.07, 6.45) is 4.32. The van der Waals surface area contributed by atoms with E-state index in [0.29, 0.717) is 12.5 Å². The lowest BCUT2D eigenvalue weighted by molar-refractivity contribution is 0.595. The van der Waals surface area contributed by atoms with E-state index >= 15 is 0 Å². The lowest BCUT2D eigenvalue weighted by atomic mass is 10.3. The van der Waals surface area contributed by atoms with Crippen molar-refractivity contribution in [2.24, 2.45) is 4.99 Å². The quantitative estimate of drug-likeness (QED) is 0.359. The van der Waals surface area contributed by atoms with E-state index in [1.54, 1.807) is 6.92 Å². The first-order chi connectivity index (χ1) is 9.05. The molecule has 0 spiro atoms. The highest BCUT2D eigenvalue weighted by Crippen LogP contribution is 1.98. The molecular weight excluding hydrogens is 282 g/mol. The minimum Gasteiger partial charge on any atom is -0.357 e. The van der Waals surface area contributed by atoms with Gasteiger partial charge in [-0.1, -0.05) is 6.92 Å². The number of nitrogens with one attached hydrogen (secondary N) is 2. The van der Waals surface area contributed by atoms with E-state index in [9.17, 15) is 8.42 Å². The van der Waals surface area contributed by atoms with Gasteiger partial charge in [0.2, 0.25) is 0 Å². The standard InChI is InChI=1S/C12H27N3O2S2/c1-4-13-12(14-8-6-7-10-18-3)15-9-11-19(16,17)5-2/h4-11H2,1-3H3,(H2,13,14,15). The summed E-state index contributed by atoms with van der Waals surface area (Å²) in [7, 11) is -2.91. The highest BCUT2D eigenvalue weighted by molar-refractivity contribution is 7.98. The predicted octanol–water partition coefficient (Wildman–Crippen LogP) is 1.12. The predicted molar refractivity (Wildman–Crippen MR) is 85.9 cm³/mol. The Kier molecular flexibility index (Phi) is 11.1. The Hall–Kier alpha value is -0.430. The zero-order valence-corrected chi connectivity index (χ0v) is 13.9. The average molecular weight is 310 g/mol. The van der Waals surface area contributed by atoms with Gasteiger partial charge in [0.25, 0.3) is 0 Å². The van der Waals surface area contributed by atoms with Crippen molar-refractivity contribution in [1.29, 1.82) is 0 Å². The van der Waals surface area contributed by atoms with Crippen molar-refractivity contribution in [3.8, 4) is 0 Å². The van der Waals surface area contributed by atoms with Crippen molar-refractivity contribution >= 4 is 27.6 Å². The number of thioether (sulfide) groups is 1. The Morgan fingerprint density at radius 2 is 1.95 bits per heavy atom. The van der Waals surface area contributed by atoms with Crippen LogP contribution in [0.25, 0.3) is 0 Å². The van der Waals surface area contributed by atoms with Gasteiger partial charge in [0, 0.05) is 25.4 Å². The van der Waals surface area contributed by atoms with E-state index in [2.05, 4.69) is 21.9 Å². The number of hydrogen-bond acceptors (Lipinski definition) is 4. The molecule has 0 unspecified atom stereocenters. The van der Waals surface area contributed by atoms with Gasteiger partial charge >= 0.3 is 0 Å². The highest BCUT2D eigenvalue weighted by Gasteiger charge is 2.07. The van der Waals surface area contributed by atoms with Gasteiger partial charge in [0.1, 0.15) is 0 Å². The zero-order chi connectivity index (χ0) is 14.6. The summed E-state index contributed by atoms with van der Waals surface area (Å²) in [6.45, 7) is 5.62. The molecule has 0 aromatic carbocycles. The normalized spacial score (nSPS) is 12.5. The smallest absolute Gasteiger partial charge is 0.191 e. The molecule has 0 fully saturated rings. The van der Waals surface area contributed by atoms with Crippen molar-refractivity contribution in [1.82, 2.24) is 10.6 Å². The van der Waals surface area contributed by atoms with Crippen LogP contribution in [0.15, 0.2) is 4.99 Å². The SMILES string of the molecule is CCNC(=NCCCCSC)NCCS(=O)(=O)CC. The van der Waals surface area contributed by atoms with Crippen molar-refractivity contribution in [2.45, 2.75) is 26.7 Å². The van der Waals surface area contributed by atoms with E-state index < -0.39 is 9.84 Å². The van der Waals surface area contributed by atoms with Crippen LogP contribution in [0.1, 0.15) is 26.7 Å². The van der Waals surface area contributed by atoms with E-state index in [1.165, 1.54) is 0 Å². The van der Waals surface area contributed by atoms with Crippen LogP contribution in [-0.2, 0) is 9.84 Å². The number of sulfone groups is 1. The largest absolute Gasteiger partial charge is 0.357 e. The number of rotatable bonds is 10. The molecule has 0 aromatic rings.